The minimum Gasteiger partial charge on any atom is -0.461 e. The third-order valence-corrected chi connectivity index (χ3v) is 5.03. The molecule has 0 fully saturated rings. The van der Waals surface area contributed by atoms with Crippen LogP contribution in [0.15, 0.2) is 52.2 Å². The quantitative estimate of drug-likeness (QED) is 0.432. The maximum Gasteiger partial charge on any atom is 0.316 e. The number of carbonyl (C=O) groups is 1. The van der Waals surface area contributed by atoms with Gasteiger partial charge in [0.2, 0.25) is 0 Å². The van der Waals surface area contributed by atoms with E-state index in [-0.39, 0.29) is 11.7 Å². The molecule has 2 aromatic heterocycles. The largest absolute Gasteiger partial charge is 0.461 e. The zero-order valence-electron chi connectivity index (χ0n) is 14.4. The van der Waals surface area contributed by atoms with E-state index >= 15 is 0 Å². The highest BCUT2D eigenvalue weighted by Crippen LogP contribution is 2.27. The summed E-state index contributed by atoms with van der Waals surface area (Å²) >= 11 is 7.42. The van der Waals surface area contributed by atoms with Crippen molar-refractivity contribution in [2.24, 2.45) is 0 Å². The fourth-order valence-electron chi connectivity index (χ4n) is 2.49. The lowest BCUT2D eigenvalue weighted by Crippen LogP contribution is -2.12. The molecule has 136 valence electrons. The molecule has 1 aromatic carbocycles. The first-order valence-electron chi connectivity index (χ1n) is 8.14. The molecule has 1 atom stereocenters. The zero-order chi connectivity index (χ0) is 18.5. The number of esters is 1. The predicted octanol–water partition coefficient (Wildman–Crippen LogP) is 4.61. The van der Waals surface area contributed by atoms with Crippen molar-refractivity contribution in [2.45, 2.75) is 31.7 Å². The maximum atomic E-state index is 12.2. The summed E-state index contributed by atoms with van der Waals surface area (Å²) in [5.41, 5.74) is 0.782. The van der Waals surface area contributed by atoms with Crippen molar-refractivity contribution in [3.05, 3.63) is 53.2 Å². The van der Waals surface area contributed by atoms with Gasteiger partial charge in [0, 0.05) is 17.1 Å². The summed E-state index contributed by atoms with van der Waals surface area (Å²) in [5.74, 6) is 1.07. The second-order valence-corrected chi connectivity index (χ2v) is 6.82. The van der Waals surface area contributed by atoms with Crippen molar-refractivity contribution in [1.29, 1.82) is 0 Å². The first-order valence-corrected chi connectivity index (χ1v) is 9.50. The Hall–Kier alpha value is -2.25. The molecule has 0 aliphatic heterocycles. The van der Waals surface area contributed by atoms with Crippen molar-refractivity contribution in [2.75, 3.05) is 5.75 Å². The molecule has 6 nitrogen and oxygen atoms in total. The molecule has 0 unspecified atom stereocenters. The van der Waals surface area contributed by atoms with Gasteiger partial charge in [-0.25, -0.2) is 0 Å². The van der Waals surface area contributed by atoms with Crippen LogP contribution in [0.1, 0.15) is 25.5 Å². The van der Waals surface area contributed by atoms with E-state index in [2.05, 4.69) is 10.2 Å². The molecular formula is C18H18ClN3O3S. The van der Waals surface area contributed by atoms with E-state index in [4.69, 9.17) is 20.8 Å². The van der Waals surface area contributed by atoms with Crippen molar-refractivity contribution in [3.63, 3.8) is 0 Å². The van der Waals surface area contributed by atoms with Crippen LogP contribution in [0, 0.1) is 0 Å². The highest BCUT2D eigenvalue weighted by atomic mass is 35.5. The number of aromatic nitrogens is 3. The Morgan fingerprint density at radius 2 is 2.12 bits per heavy atom. The second kappa shape index (κ2) is 8.42. The number of rotatable bonds is 7. The molecule has 8 heteroatoms. The molecule has 0 saturated heterocycles. The molecule has 0 saturated carbocycles. The van der Waals surface area contributed by atoms with Gasteiger partial charge in [-0.2, -0.15) is 0 Å². The molecule has 2 heterocycles. The first-order chi connectivity index (χ1) is 12.6. The lowest BCUT2D eigenvalue weighted by Gasteiger charge is -2.14. The number of nitrogens with zero attached hydrogens (tertiary/aromatic N) is 3. The summed E-state index contributed by atoms with van der Waals surface area (Å²) in [6.45, 7) is 4.45. The lowest BCUT2D eigenvalue weighted by atomic mass is 10.1. The molecule has 0 aliphatic carbocycles. The second-order valence-electron chi connectivity index (χ2n) is 5.47. The Kier molecular flexibility index (Phi) is 6.00. The fourth-order valence-corrected chi connectivity index (χ4v) is 3.57. The predicted molar refractivity (Wildman–Crippen MR) is 100 cm³/mol. The van der Waals surface area contributed by atoms with Gasteiger partial charge in [-0.15, -0.1) is 10.2 Å². The third kappa shape index (κ3) is 4.11. The highest BCUT2D eigenvalue weighted by molar-refractivity contribution is 7.99. The van der Waals surface area contributed by atoms with Crippen molar-refractivity contribution in [1.82, 2.24) is 14.8 Å². The average molecular weight is 392 g/mol. The fraction of sp³-hybridized carbons (Fsp3) is 0.278. The molecule has 3 aromatic rings. The highest BCUT2D eigenvalue weighted by Gasteiger charge is 2.18. The van der Waals surface area contributed by atoms with Gasteiger partial charge >= 0.3 is 5.97 Å². The minimum atomic E-state index is -0.417. The van der Waals surface area contributed by atoms with E-state index < -0.39 is 6.10 Å². The van der Waals surface area contributed by atoms with Gasteiger partial charge in [-0.1, -0.05) is 41.6 Å². The average Bonchev–Trinajstić information content (AvgIpc) is 3.29. The first kappa shape index (κ1) is 18.5. The van der Waals surface area contributed by atoms with Gasteiger partial charge in [-0.3, -0.25) is 9.36 Å². The third-order valence-electron chi connectivity index (χ3n) is 3.75. The van der Waals surface area contributed by atoms with E-state index in [9.17, 15) is 4.79 Å². The van der Waals surface area contributed by atoms with Crippen LogP contribution in [0.25, 0.3) is 11.6 Å². The van der Waals surface area contributed by atoms with E-state index in [0.717, 1.165) is 5.56 Å². The molecule has 0 aliphatic rings. The Bertz CT molecular complexity index is 880. The molecule has 3 rings (SSSR count). The molecule has 0 bridgehead atoms. The summed E-state index contributed by atoms with van der Waals surface area (Å²) in [6, 6.07) is 10.9. The summed E-state index contributed by atoms with van der Waals surface area (Å²) in [5, 5.41) is 9.53. The maximum absolute atomic E-state index is 12.2. The summed E-state index contributed by atoms with van der Waals surface area (Å²) in [6.07, 6.45) is 1.17. The number of furan rings is 1. The van der Waals surface area contributed by atoms with Gasteiger partial charge in [0.1, 0.15) is 6.10 Å². The summed E-state index contributed by atoms with van der Waals surface area (Å²) in [4.78, 5) is 12.2. The van der Waals surface area contributed by atoms with Gasteiger partial charge < -0.3 is 9.15 Å². The molecule has 0 spiro atoms. The molecule has 0 radical (unpaired) electrons. The van der Waals surface area contributed by atoms with E-state index in [1.807, 2.05) is 35.8 Å². The van der Waals surface area contributed by atoms with Crippen LogP contribution in [-0.4, -0.2) is 26.5 Å². The summed E-state index contributed by atoms with van der Waals surface area (Å²) < 4.78 is 12.7. The van der Waals surface area contributed by atoms with Crippen LogP contribution >= 0.6 is 23.4 Å². The number of hydrogen-bond donors (Lipinski definition) is 0. The van der Waals surface area contributed by atoms with Crippen molar-refractivity contribution < 1.29 is 13.9 Å². The van der Waals surface area contributed by atoms with Crippen LogP contribution < -0.4 is 0 Å². The Labute approximate surface area is 160 Å². The van der Waals surface area contributed by atoms with Crippen molar-refractivity contribution in [3.8, 4) is 11.6 Å². The SMILES string of the molecule is CCn1c(SCC(=O)O[C@@H](C)c2ccccc2Cl)nnc1-c1ccco1. The number of halogens is 1. The number of ether oxygens (including phenoxy) is 1. The molecule has 26 heavy (non-hydrogen) atoms. The van der Waals surface area contributed by atoms with Gasteiger partial charge in [-0.05, 0) is 32.0 Å². The number of hydrogen-bond acceptors (Lipinski definition) is 6. The number of carbonyl (C=O) groups excluding carboxylic acids is 1. The summed E-state index contributed by atoms with van der Waals surface area (Å²) in [7, 11) is 0. The van der Waals surface area contributed by atoms with Gasteiger partial charge in [0.25, 0.3) is 0 Å². The number of benzene rings is 1. The van der Waals surface area contributed by atoms with Crippen LogP contribution in [0.5, 0.6) is 0 Å². The van der Waals surface area contributed by atoms with Gasteiger partial charge in [0.15, 0.2) is 16.7 Å². The minimum absolute atomic E-state index is 0.130. The zero-order valence-corrected chi connectivity index (χ0v) is 16.0. The molecule has 0 N–H and O–H groups in total. The smallest absolute Gasteiger partial charge is 0.316 e. The Morgan fingerprint density at radius 1 is 1.31 bits per heavy atom. The lowest BCUT2D eigenvalue weighted by molar-refractivity contribution is -0.145. The van der Waals surface area contributed by atoms with E-state index in [1.165, 1.54) is 11.8 Å². The standard InChI is InChI=1S/C18H18ClN3O3S/c1-3-22-17(15-9-6-10-24-15)20-21-18(22)26-11-16(23)25-12(2)13-7-4-5-8-14(13)19/h4-10,12H,3,11H2,1-2H3/t12-/m0/s1. The van der Waals surface area contributed by atoms with E-state index in [1.54, 1.807) is 25.3 Å². The van der Waals surface area contributed by atoms with E-state index in [0.29, 0.717) is 28.3 Å². The van der Waals surface area contributed by atoms with Crippen LogP contribution in [0.4, 0.5) is 0 Å². The Morgan fingerprint density at radius 3 is 2.81 bits per heavy atom. The Balaban J connectivity index is 1.62. The van der Waals surface area contributed by atoms with Crippen LogP contribution in [0.2, 0.25) is 5.02 Å². The van der Waals surface area contributed by atoms with Crippen LogP contribution in [-0.2, 0) is 16.1 Å². The van der Waals surface area contributed by atoms with Crippen LogP contribution in [0.3, 0.4) is 0 Å². The topological polar surface area (TPSA) is 70.2 Å². The number of thioether (sulfide) groups is 1. The normalized spacial score (nSPS) is 12.1. The molecular weight excluding hydrogens is 374 g/mol. The van der Waals surface area contributed by atoms with Gasteiger partial charge in [0.05, 0.1) is 12.0 Å². The van der Waals surface area contributed by atoms with Crippen molar-refractivity contribution >= 4 is 29.3 Å². The monoisotopic (exact) mass is 391 g/mol. The molecule has 0 amide bonds.